The molecule has 0 bridgehead atoms. The second-order valence-electron chi connectivity index (χ2n) is 15.7. The van der Waals surface area contributed by atoms with E-state index in [-0.39, 0.29) is 5.41 Å². The van der Waals surface area contributed by atoms with E-state index < -0.39 is 0 Å². The second-order valence-corrected chi connectivity index (χ2v) is 15.7. The van der Waals surface area contributed by atoms with Gasteiger partial charge in [0.25, 0.3) is 0 Å². The molecule has 4 heteroatoms. The third kappa shape index (κ3) is 5.48. The molecule has 0 saturated carbocycles. The second kappa shape index (κ2) is 13.4. The van der Waals surface area contributed by atoms with E-state index in [1.165, 1.54) is 44.2 Å². The minimum absolute atomic E-state index is 0.182. The van der Waals surface area contributed by atoms with Crippen LogP contribution in [0.2, 0.25) is 0 Å². The van der Waals surface area contributed by atoms with Crippen molar-refractivity contribution in [1.29, 1.82) is 0 Å². The van der Waals surface area contributed by atoms with E-state index >= 15 is 0 Å². The molecule has 58 heavy (non-hydrogen) atoms. The molecule has 0 radical (unpaired) electrons. The zero-order chi connectivity index (χ0) is 38.8. The first kappa shape index (κ1) is 33.9. The lowest BCUT2D eigenvalue weighted by atomic mass is 9.81. The predicted molar refractivity (Wildman–Crippen MR) is 239 cm³/mol. The highest BCUT2D eigenvalue weighted by Gasteiger charge is 2.38. The van der Waals surface area contributed by atoms with Crippen molar-refractivity contribution in [2.75, 3.05) is 0 Å². The summed E-state index contributed by atoms with van der Waals surface area (Å²) in [4.78, 5) is 15.7. The van der Waals surface area contributed by atoms with Gasteiger partial charge in [-0.05, 0) is 80.9 Å². The molecule has 274 valence electrons. The number of nitrogens with zero attached hydrogens (tertiary/aromatic N) is 4. The summed E-state index contributed by atoms with van der Waals surface area (Å²) >= 11 is 0. The van der Waals surface area contributed by atoms with Crippen molar-refractivity contribution < 1.29 is 0 Å². The van der Waals surface area contributed by atoms with E-state index in [4.69, 9.17) is 15.0 Å². The average Bonchev–Trinajstić information content (AvgIpc) is 3.75. The summed E-state index contributed by atoms with van der Waals surface area (Å²) in [5, 5.41) is 2.40. The van der Waals surface area contributed by atoms with E-state index in [1.807, 2.05) is 18.2 Å². The molecule has 0 unspecified atom stereocenters. The fraction of sp³-hybridized carbons (Fsp3) is 0.0556. The summed E-state index contributed by atoms with van der Waals surface area (Å²) in [7, 11) is 0. The smallest absolute Gasteiger partial charge is 0.164 e. The van der Waals surface area contributed by atoms with Gasteiger partial charge in [0.2, 0.25) is 0 Å². The molecule has 11 rings (SSSR count). The first-order chi connectivity index (χ1) is 28.5. The maximum Gasteiger partial charge on any atom is 0.164 e. The van der Waals surface area contributed by atoms with Gasteiger partial charge in [0.05, 0.1) is 16.7 Å². The van der Waals surface area contributed by atoms with Crippen molar-refractivity contribution in [1.82, 2.24) is 19.5 Å². The van der Waals surface area contributed by atoms with Gasteiger partial charge < -0.3 is 4.57 Å². The number of aromatic nitrogens is 4. The number of rotatable bonds is 6. The van der Waals surface area contributed by atoms with Crippen LogP contribution in [0.3, 0.4) is 0 Å². The maximum atomic E-state index is 5.31. The first-order valence-corrected chi connectivity index (χ1v) is 19.9. The van der Waals surface area contributed by atoms with Gasteiger partial charge in [-0.3, -0.25) is 0 Å². The monoisotopic (exact) mass is 742 g/mol. The maximum absolute atomic E-state index is 5.31. The molecule has 8 aromatic carbocycles. The minimum Gasteiger partial charge on any atom is -0.309 e. The average molecular weight is 743 g/mol. The Morgan fingerprint density at radius 3 is 1.57 bits per heavy atom. The molecule has 2 aromatic heterocycles. The lowest BCUT2D eigenvalue weighted by Gasteiger charge is -2.25. The van der Waals surface area contributed by atoms with Crippen LogP contribution in [0.1, 0.15) is 25.0 Å². The molecular formula is C54H38N4. The third-order valence-electron chi connectivity index (χ3n) is 11.8. The molecule has 0 fully saturated rings. The summed E-state index contributed by atoms with van der Waals surface area (Å²) in [6.45, 7) is 4.71. The Kier molecular flexibility index (Phi) is 7.80. The van der Waals surface area contributed by atoms with Gasteiger partial charge >= 0.3 is 0 Å². The highest BCUT2D eigenvalue weighted by Crippen LogP contribution is 2.52. The summed E-state index contributed by atoms with van der Waals surface area (Å²) in [6.07, 6.45) is 0. The lowest BCUT2D eigenvalue weighted by molar-refractivity contribution is 0.656. The Labute approximate surface area is 337 Å². The van der Waals surface area contributed by atoms with Crippen LogP contribution < -0.4 is 0 Å². The number of para-hydroxylation sites is 1. The van der Waals surface area contributed by atoms with Crippen molar-refractivity contribution in [2.24, 2.45) is 0 Å². The van der Waals surface area contributed by atoms with E-state index in [0.29, 0.717) is 17.5 Å². The molecule has 0 atom stereocenters. The van der Waals surface area contributed by atoms with Crippen LogP contribution in [-0.4, -0.2) is 19.5 Å². The largest absolute Gasteiger partial charge is 0.309 e. The number of benzene rings is 8. The summed E-state index contributed by atoms with van der Waals surface area (Å²) < 4.78 is 2.45. The molecule has 10 aromatic rings. The number of fused-ring (bicyclic) bond motifs is 6. The van der Waals surface area contributed by atoms with Gasteiger partial charge in [-0.1, -0.05) is 172 Å². The van der Waals surface area contributed by atoms with Crippen molar-refractivity contribution in [3.05, 3.63) is 205 Å². The van der Waals surface area contributed by atoms with Gasteiger partial charge in [-0.15, -0.1) is 0 Å². The van der Waals surface area contributed by atoms with Gasteiger partial charge in [0.15, 0.2) is 17.5 Å². The first-order valence-electron chi connectivity index (χ1n) is 19.9. The fourth-order valence-electron chi connectivity index (χ4n) is 9.08. The zero-order valence-corrected chi connectivity index (χ0v) is 32.3. The summed E-state index contributed by atoms with van der Waals surface area (Å²) in [5.74, 6) is 1.88. The Balaban J connectivity index is 1.14. The summed E-state index contributed by atoms with van der Waals surface area (Å²) in [5.41, 5.74) is 15.9. The van der Waals surface area contributed by atoms with Crippen LogP contribution in [0.5, 0.6) is 0 Å². The van der Waals surface area contributed by atoms with E-state index in [2.05, 4.69) is 194 Å². The van der Waals surface area contributed by atoms with Crippen LogP contribution in [0.25, 0.3) is 95.0 Å². The van der Waals surface area contributed by atoms with Gasteiger partial charge in [0, 0.05) is 32.9 Å². The van der Waals surface area contributed by atoms with Crippen LogP contribution in [-0.2, 0) is 5.41 Å². The molecule has 4 nitrogen and oxygen atoms in total. The molecule has 1 aliphatic carbocycles. The lowest BCUT2D eigenvalue weighted by Crippen LogP contribution is -2.18. The Morgan fingerprint density at radius 1 is 0.362 bits per heavy atom. The predicted octanol–water partition coefficient (Wildman–Crippen LogP) is 13.6. The molecular weight excluding hydrogens is 705 g/mol. The van der Waals surface area contributed by atoms with Gasteiger partial charge in [-0.2, -0.15) is 0 Å². The van der Waals surface area contributed by atoms with Crippen LogP contribution in [0.15, 0.2) is 194 Å². The van der Waals surface area contributed by atoms with Gasteiger partial charge in [0.1, 0.15) is 0 Å². The van der Waals surface area contributed by atoms with Crippen LogP contribution in [0, 0.1) is 0 Å². The normalized spacial score (nSPS) is 12.8. The highest BCUT2D eigenvalue weighted by atomic mass is 15.0. The van der Waals surface area contributed by atoms with Crippen molar-refractivity contribution in [2.45, 2.75) is 19.3 Å². The van der Waals surface area contributed by atoms with Crippen molar-refractivity contribution >= 4 is 21.8 Å². The minimum atomic E-state index is -0.182. The topological polar surface area (TPSA) is 43.6 Å². The van der Waals surface area contributed by atoms with E-state index in [9.17, 15) is 0 Å². The molecule has 2 heterocycles. The standard InChI is InChI=1S/C54H38N4/c1-54(2)46-26-14-12-23-42(46)45-25-16-28-48(50(45)54)58-47-27-15-13-24-43(47)44-30-29-38(34-49(44)58)52-55-51(37-21-10-5-11-22-37)56-53(57-52)41-32-39(35-17-6-3-7-18-35)31-40(33-41)36-19-8-4-9-20-36/h3-34H,1-2H3. The van der Waals surface area contributed by atoms with Crippen LogP contribution >= 0.6 is 0 Å². The molecule has 1 aliphatic rings. The Bertz CT molecular complexity index is 3120. The molecule has 0 amide bonds. The van der Waals surface area contributed by atoms with Crippen molar-refractivity contribution in [3.8, 4) is 73.2 Å². The third-order valence-corrected chi connectivity index (χ3v) is 11.8. The summed E-state index contributed by atoms with van der Waals surface area (Å²) in [6, 6.07) is 68.9. The molecule has 0 saturated heterocycles. The number of hydrogen-bond donors (Lipinski definition) is 0. The Hall–Kier alpha value is -7.43. The number of hydrogen-bond acceptors (Lipinski definition) is 3. The van der Waals surface area contributed by atoms with E-state index in [1.54, 1.807) is 0 Å². The van der Waals surface area contributed by atoms with E-state index in [0.717, 1.165) is 44.5 Å². The SMILES string of the molecule is CC1(C)c2ccccc2-c2cccc(-n3c4ccccc4c4ccc(-c5nc(-c6ccccc6)nc(-c6cc(-c7ccccc7)cc(-c7ccccc7)c6)n5)cc43)c21. The van der Waals surface area contributed by atoms with Gasteiger partial charge in [-0.25, -0.2) is 15.0 Å². The molecule has 0 N–H and O–H groups in total. The fourth-order valence-corrected chi connectivity index (χ4v) is 9.08. The molecule has 0 spiro atoms. The molecule has 0 aliphatic heterocycles. The highest BCUT2D eigenvalue weighted by molar-refractivity contribution is 6.10. The quantitative estimate of drug-likeness (QED) is 0.170. The van der Waals surface area contributed by atoms with Crippen LogP contribution in [0.4, 0.5) is 0 Å². The zero-order valence-electron chi connectivity index (χ0n) is 32.3. The Morgan fingerprint density at radius 2 is 0.879 bits per heavy atom. The van der Waals surface area contributed by atoms with Crippen molar-refractivity contribution in [3.63, 3.8) is 0 Å².